The van der Waals surface area contributed by atoms with Crippen LogP contribution in [0.5, 0.6) is 5.75 Å². The first-order valence-electron chi connectivity index (χ1n) is 6.93. The van der Waals surface area contributed by atoms with Crippen molar-refractivity contribution < 1.29 is 13.9 Å². The third-order valence-corrected chi connectivity index (χ3v) is 4.02. The fourth-order valence-electron chi connectivity index (χ4n) is 2.90. The second-order valence-corrected chi connectivity index (χ2v) is 5.24. The third kappa shape index (κ3) is 2.63. The number of carbonyl (C=O) groups excluding carboxylic acids is 1. The third-order valence-electron chi connectivity index (χ3n) is 4.02. The summed E-state index contributed by atoms with van der Waals surface area (Å²) in [7, 11) is 1.37. The zero-order valence-corrected chi connectivity index (χ0v) is 11.9. The van der Waals surface area contributed by atoms with Crippen LogP contribution in [0.15, 0.2) is 18.2 Å². The number of amides is 1. The van der Waals surface area contributed by atoms with Crippen LogP contribution in [0.1, 0.15) is 30.1 Å². The van der Waals surface area contributed by atoms with E-state index < -0.39 is 5.82 Å². The van der Waals surface area contributed by atoms with Gasteiger partial charge in [-0.3, -0.25) is 4.79 Å². The Labute approximate surface area is 118 Å². The van der Waals surface area contributed by atoms with Crippen molar-refractivity contribution in [2.75, 3.05) is 20.2 Å². The molecule has 1 aromatic rings. The molecule has 1 aliphatic heterocycles. The molecule has 0 spiro atoms. The number of benzene rings is 1. The van der Waals surface area contributed by atoms with Crippen LogP contribution >= 0.6 is 0 Å². The number of nitrogens with two attached hydrogens (primary N) is 1. The summed E-state index contributed by atoms with van der Waals surface area (Å²) in [5.74, 6) is -0.361. The van der Waals surface area contributed by atoms with E-state index >= 15 is 0 Å². The van der Waals surface area contributed by atoms with Gasteiger partial charge in [0.15, 0.2) is 11.6 Å². The van der Waals surface area contributed by atoms with Crippen molar-refractivity contribution in [1.29, 1.82) is 0 Å². The minimum atomic E-state index is -0.521. The van der Waals surface area contributed by atoms with E-state index in [9.17, 15) is 9.18 Å². The molecule has 110 valence electrons. The molecule has 20 heavy (non-hydrogen) atoms. The second-order valence-electron chi connectivity index (χ2n) is 5.24. The van der Waals surface area contributed by atoms with Crippen molar-refractivity contribution in [3.05, 3.63) is 29.6 Å². The van der Waals surface area contributed by atoms with Crippen LogP contribution in [0, 0.1) is 11.7 Å². The molecule has 0 bridgehead atoms. The van der Waals surface area contributed by atoms with Gasteiger partial charge in [0.05, 0.1) is 12.7 Å². The van der Waals surface area contributed by atoms with E-state index in [2.05, 4.69) is 6.92 Å². The smallest absolute Gasteiger partial charge is 0.258 e. The lowest BCUT2D eigenvalue weighted by Crippen LogP contribution is -2.51. The zero-order valence-electron chi connectivity index (χ0n) is 11.9. The highest BCUT2D eigenvalue weighted by molar-refractivity contribution is 5.97. The number of piperidine rings is 1. The van der Waals surface area contributed by atoms with Gasteiger partial charge < -0.3 is 15.4 Å². The van der Waals surface area contributed by atoms with Gasteiger partial charge in [0.2, 0.25) is 0 Å². The first kappa shape index (κ1) is 14.8. The summed E-state index contributed by atoms with van der Waals surface area (Å²) >= 11 is 0. The maximum absolute atomic E-state index is 13.7. The number of carbonyl (C=O) groups is 1. The van der Waals surface area contributed by atoms with E-state index in [1.54, 1.807) is 11.0 Å². The highest BCUT2D eigenvalue weighted by Crippen LogP contribution is 2.28. The molecule has 1 aliphatic rings. The minimum Gasteiger partial charge on any atom is -0.493 e. The average Bonchev–Trinajstić information content (AvgIpc) is 2.46. The Kier molecular flexibility index (Phi) is 4.60. The fraction of sp³-hybridized carbons (Fsp3) is 0.533. The van der Waals surface area contributed by atoms with Gasteiger partial charge in [0.25, 0.3) is 5.91 Å². The standard InChI is InChI=1S/C15H21FN2O2/c1-10-5-4-8-18(13(10)9-17)15(19)11-6-3-7-12(16)14(11)20-2/h3,6-7,10,13H,4-5,8-9,17H2,1-2H3. The Balaban J connectivity index is 2.33. The van der Waals surface area contributed by atoms with Crippen LogP contribution in [0.2, 0.25) is 0 Å². The summed E-state index contributed by atoms with van der Waals surface area (Å²) in [4.78, 5) is 14.4. The van der Waals surface area contributed by atoms with Crippen LogP contribution in [-0.4, -0.2) is 37.0 Å². The van der Waals surface area contributed by atoms with Gasteiger partial charge in [-0.2, -0.15) is 0 Å². The van der Waals surface area contributed by atoms with Crippen molar-refractivity contribution in [3.63, 3.8) is 0 Å². The first-order chi connectivity index (χ1) is 9.60. The molecule has 2 rings (SSSR count). The second kappa shape index (κ2) is 6.22. The van der Waals surface area contributed by atoms with E-state index in [0.717, 1.165) is 12.8 Å². The number of para-hydroxylation sites is 1. The molecular weight excluding hydrogens is 259 g/mol. The van der Waals surface area contributed by atoms with Gasteiger partial charge in [-0.25, -0.2) is 4.39 Å². The molecule has 0 aromatic heterocycles. The Morgan fingerprint density at radius 2 is 2.30 bits per heavy atom. The van der Waals surface area contributed by atoms with Crippen LogP contribution in [0.4, 0.5) is 4.39 Å². The topological polar surface area (TPSA) is 55.6 Å². The summed E-state index contributed by atoms with van der Waals surface area (Å²) in [5.41, 5.74) is 6.07. The van der Waals surface area contributed by atoms with Crippen LogP contribution in [0.3, 0.4) is 0 Å². The lowest BCUT2D eigenvalue weighted by atomic mass is 9.90. The number of nitrogens with zero attached hydrogens (tertiary/aromatic N) is 1. The first-order valence-corrected chi connectivity index (χ1v) is 6.93. The van der Waals surface area contributed by atoms with E-state index in [0.29, 0.717) is 19.0 Å². The summed E-state index contributed by atoms with van der Waals surface area (Å²) in [6.45, 7) is 3.18. The number of likely N-dealkylation sites (tertiary alicyclic amines) is 1. The average molecular weight is 280 g/mol. The molecule has 1 aromatic carbocycles. The lowest BCUT2D eigenvalue weighted by molar-refractivity contribution is 0.0528. The van der Waals surface area contributed by atoms with Crippen LogP contribution in [-0.2, 0) is 0 Å². The van der Waals surface area contributed by atoms with Gasteiger partial charge in [-0.1, -0.05) is 13.0 Å². The Morgan fingerprint density at radius 1 is 1.55 bits per heavy atom. The van der Waals surface area contributed by atoms with Crippen molar-refractivity contribution >= 4 is 5.91 Å². The summed E-state index contributed by atoms with van der Waals surface area (Å²) in [6.07, 6.45) is 2.01. The summed E-state index contributed by atoms with van der Waals surface area (Å²) in [6, 6.07) is 4.41. The fourth-order valence-corrected chi connectivity index (χ4v) is 2.90. The van der Waals surface area contributed by atoms with Gasteiger partial charge in [-0.15, -0.1) is 0 Å². The molecule has 0 radical (unpaired) electrons. The van der Waals surface area contributed by atoms with Crippen molar-refractivity contribution in [3.8, 4) is 5.75 Å². The lowest BCUT2D eigenvalue weighted by Gasteiger charge is -2.39. The molecule has 1 amide bonds. The predicted octanol–water partition coefficient (Wildman–Crippen LogP) is 2.03. The Hall–Kier alpha value is -1.62. The molecule has 2 unspecified atom stereocenters. The number of methoxy groups -OCH3 is 1. The minimum absolute atomic E-state index is 0.00391. The summed E-state index contributed by atoms with van der Waals surface area (Å²) in [5, 5.41) is 0. The molecule has 0 aliphatic carbocycles. The van der Waals surface area contributed by atoms with E-state index in [4.69, 9.17) is 10.5 Å². The van der Waals surface area contributed by atoms with Gasteiger partial charge in [-0.05, 0) is 30.9 Å². The van der Waals surface area contributed by atoms with Crippen molar-refractivity contribution in [1.82, 2.24) is 4.90 Å². The quantitative estimate of drug-likeness (QED) is 0.921. The SMILES string of the molecule is COc1c(F)cccc1C(=O)N1CCCC(C)C1CN. The predicted molar refractivity (Wildman–Crippen MR) is 75.2 cm³/mol. The molecule has 1 fully saturated rings. The molecular formula is C15H21FN2O2. The van der Waals surface area contributed by atoms with Gasteiger partial charge >= 0.3 is 0 Å². The van der Waals surface area contributed by atoms with Crippen LogP contribution in [0.25, 0.3) is 0 Å². The molecule has 0 saturated carbocycles. The Bertz CT molecular complexity index is 493. The number of hydrogen-bond donors (Lipinski definition) is 1. The number of ether oxygens (including phenoxy) is 1. The molecule has 5 heteroatoms. The number of hydrogen-bond acceptors (Lipinski definition) is 3. The molecule has 2 atom stereocenters. The Morgan fingerprint density at radius 3 is 2.95 bits per heavy atom. The normalized spacial score (nSPS) is 22.7. The maximum Gasteiger partial charge on any atom is 0.258 e. The molecule has 1 saturated heterocycles. The maximum atomic E-state index is 13.7. The van der Waals surface area contributed by atoms with Crippen LogP contribution < -0.4 is 10.5 Å². The number of halogens is 1. The van der Waals surface area contributed by atoms with E-state index in [-0.39, 0.29) is 23.3 Å². The zero-order chi connectivity index (χ0) is 14.7. The number of rotatable bonds is 3. The largest absolute Gasteiger partial charge is 0.493 e. The summed E-state index contributed by atoms with van der Waals surface area (Å²) < 4.78 is 18.7. The van der Waals surface area contributed by atoms with Crippen molar-refractivity contribution in [2.24, 2.45) is 11.7 Å². The van der Waals surface area contributed by atoms with Gasteiger partial charge in [0.1, 0.15) is 0 Å². The highest BCUT2D eigenvalue weighted by atomic mass is 19.1. The van der Waals surface area contributed by atoms with E-state index in [1.165, 1.54) is 19.2 Å². The molecule has 4 nitrogen and oxygen atoms in total. The molecule has 2 N–H and O–H groups in total. The van der Waals surface area contributed by atoms with Gasteiger partial charge in [0, 0.05) is 19.1 Å². The van der Waals surface area contributed by atoms with E-state index in [1.807, 2.05) is 0 Å². The monoisotopic (exact) mass is 280 g/mol. The highest BCUT2D eigenvalue weighted by Gasteiger charge is 2.32. The van der Waals surface area contributed by atoms with Crippen molar-refractivity contribution in [2.45, 2.75) is 25.8 Å². The molecule has 1 heterocycles.